The smallest absolute Gasteiger partial charge is 0.322 e. The third kappa shape index (κ3) is 5.52. The molecule has 3 aromatic rings. The minimum atomic E-state index is -0.853. The monoisotopic (exact) mass is 388 g/mol. The third-order valence-electron chi connectivity index (χ3n) is 4.18. The first-order chi connectivity index (χ1) is 14.2. The van der Waals surface area contributed by atoms with Gasteiger partial charge in [-0.1, -0.05) is 72.8 Å². The number of aldehydes is 1. The van der Waals surface area contributed by atoms with E-state index < -0.39 is 18.0 Å². The van der Waals surface area contributed by atoms with Crippen LogP contribution >= 0.6 is 0 Å². The normalized spacial score (nSPS) is 11.2. The van der Waals surface area contributed by atoms with Crippen LogP contribution in [0.4, 0.5) is 4.79 Å². The van der Waals surface area contributed by atoms with E-state index in [-0.39, 0.29) is 5.56 Å². The van der Waals surface area contributed by atoms with Crippen LogP contribution in [-0.2, 0) is 11.4 Å². The van der Waals surface area contributed by atoms with E-state index in [9.17, 15) is 14.4 Å². The van der Waals surface area contributed by atoms with Gasteiger partial charge in [0.25, 0.3) is 5.91 Å². The van der Waals surface area contributed by atoms with Gasteiger partial charge in [-0.25, -0.2) is 4.79 Å². The molecule has 0 spiro atoms. The summed E-state index contributed by atoms with van der Waals surface area (Å²) in [4.78, 5) is 36.1. The molecule has 6 nitrogen and oxygen atoms in total. The second-order valence-corrected chi connectivity index (χ2v) is 6.22. The van der Waals surface area contributed by atoms with Crippen molar-refractivity contribution in [2.24, 2.45) is 0 Å². The number of benzene rings is 3. The van der Waals surface area contributed by atoms with Crippen molar-refractivity contribution in [1.29, 1.82) is 0 Å². The number of amides is 3. The van der Waals surface area contributed by atoms with E-state index in [1.165, 1.54) is 0 Å². The molecule has 3 rings (SSSR count). The fourth-order valence-electron chi connectivity index (χ4n) is 2.72. The zero-order valence-corrected chi connectivity index (χ0v) is 15.6. The molecule has 3 amide bonds. The summed E-state index contributed by atoms with van der Waals surface area (Å²) in [6.07, 6.45) is 0.607. The van der Waals surface area contributed by atoms with E-state index in [1.807, 2.05) is 30.3 Å². The molecule has 0 saturated carbocycles. The molecule has 0 heterocycles. The number of urea groups is 1. The van der Waals surface area contributed by atoms with Crippen LogP contribution in [0.2, 0.25) is 0 Å². The molecule has 1 atom stereocenters. The molecular weight excluding hydrogens is 368 g/mol. The molecular formula is C23H20N2O4. The van der Waals surface area contributed by atoms with Gasteiger partial charge in [-0.2, -0.15) is 0 Å². The fourth-order valence-corrected chi connectivity index (χ4v) is 2.72. The molecule has 2 N–H and O–H groups in total. The van der Waals surface area contributed by atoms with Crippen LogP contribution in [0.5, 0.6) is 5.75 Å². The second-order valence-electron chi connectivity index (χ2n) is 6.22. The predicted molar refractivity (Wildman–Crippen MR) is 108 cm³/mol. The Morgan fingerprint density at radius 3 is 2.17 bits per heavy atom. The van der Waals surface area contributed by atoms with E-state index in [0.29, 0.717) is 24.2 Å². The average Bonchev–Trinajstić information content (AvgIpc) is 2.77. The maximum absolute atomic E-state index is 12.6. The van der Waals surface area contributed by atoms with Crippen molar-refractivity contribution in [3.05, 3.63) is 102 Å². The summed E-state index contributed by atoms with van der Waals surface area (Å²) in [5, 5.41) is 4.72. The zero-order valence-electron chi connectivity index (χ0n) is 15.6. The van der Waals surface area contributed by atoms with Crippen LogP contribution in [0.25, 0.3) is 0 Å². The van der Waals surface area contributed by atoms with Crippen molar-refractivity contribution < 1.29 is 19.1 Å². The molecule has 0 aliphatic heterocycles. The number of imide groups is 1. The highest BCUT2D eigenvalue weighted by atomic mass is 16.5. The Hall–Kier alpha value is -3.93. The first kappa shape index (κ1) is 19.8. The van der Waals surface area contributed by atoms with Crippen LogP contribution in [0.1, 0.15) is 27.5 Å². The number of carbonyl (C=O) groups is 3. The second kappa shape index (κ2) is 9.85. The standard InChI is InChI=1S/C23H20N2O4/c26-15-20(18-11-5-2-6-12-18)24-23(28)25-22(27)19-13-7-8-14-21(19)29-16-17-9-3-1-4-10-17/h1-15,20H,16H2,(H2,24,25,27,28). The molecule has 0 bridgehead atoms. The van der Waals surface area contributed by atoms with E-state index in [4.69, 9.17) is 4.74 Å². The highest BCUT2D eigenvalue weighted by molar-refractivity contribution is 6.06. The van der Waals surface area contributed by atoms with Gasteiger partial charge in [-0.3, -0.25) is 10.1 Å². The fraction of sp³-hybridized carbons (Fsp3) is 0.0870. The summed E-state index contributed by atoms with van der Waals surface area (Å²) in [7, 11) is 0. The van der Waals surface area contributed by atoms with Gasteiger partial charge in [-0.15, -0.1) is 0 Å². The first-order valence-electron chi connectivity index (χ1n) is 9.05. The molecule has 1 unspecified atom stereocenters. The van der Waals surface area contributed by atoms with E-state index >= 15 is 0 Å². The van der Waals surface area contributed by atoms with Gasteiger partial charge in [-0.05, 0) is 23.3 Å². The number of ether oxygens (including phenoxy) is 1. The minimum absolute atomic E-state index is 0.223. The Labute approximate surface area is 168 Å². The van der Waals surface area contributed by atoms with Crippen molar-refractivity contribution in [2.75, 3.05) is 0 Å². The largest absolute Gasteiger partial charge is 0.488 e. The number of carbonyl (C=O) groups excluding carboxylic acids is 3. The molecule has 0 aliphatic carbocycles. The summed E-state index contributed by atoms with van der Waals surface area (Å²) in [6.45, 7) is 0.290. The van der Waals surface area contributed by atoms with Crippen LogP contribution in [0, 0.1) is 0 Å². The summed E-state index contributed by atoms with van der Waals surface area (Å²) in [5.41, 5.74) is 1.80. The van der Waals surface area contributed by atoms with Gasteiger partial charge in [0.2, 0.25) is 0 Å². The molecule has 0 radical (unpaired) electrons. The Bertz CT molecular complexity index is 974. The highest BCUT2D eigenvalue weighted by Gasteiger charge is 2.18. The first-order valence-corrected chi connectivity index (χ1v) is 9.05. The van der Waals surface area contributed by atoms with Crippen LogP contribution < -0.4 is 15.4 Å². The molecule has 29 heavy (non-hydrogen) atoms. The Morgan fingerprint density at radius 2 is 1.48 bits per heavy atom. The van der Waals surface area contributed by atoms with Gasteiger partial charge in [0, 0.05) is 0 Å². The van der Waals surface area contributed by atoms with Gasteiger partial charge in [0.15, 0.2) is 0 Å². The maximum atomic E-state index is 12.6. The van der Waals surface area contributed by atoms with Crippen molar-refractivity contribution in [2.45, 2.75) is 12.6 Å². The van der Waals surface area contributed by atoms with Crippen molar-refractivity contribution >= 4 is 18.2 Å². The molecule has 0 aliphatic rings. The number of rotatable bonds is 7. The van der Waals surface area contributed by atoms with Crippen molar-refractivity contribution in [1.82, 2.24) is 10.6 Å². The van der Waals surface area contributed by atoms with E-state index in [1.54, 1.807) is 54.6 Å². The Kier molecular flexibility index (Phi) is 6.73. The highest BCUT2D eigenvalue weighted by Crippen LogP contribution is 2.19. The van der Waals surface area contributed by atoms with Crippen molar-refractivity contribution in [3.63, 3.8) is 0 Å². The van der Waals surface area contributed by atoms with Gasteiger partial charge in [0.1, 0.15) is 24.7 Å². The van der Waals surface area contributed by atoms with Gasteiger partial charge in [0.05, 0.1) is 5.56 Å². The lowest BCUT2D eigenvalue weighted by atomic mass is 10.1. The summed E-state index contributed by atoms with van der Waals surface area (Å²) >= 11 is 0. The number of hydrogen-bond acceptors (Lipinski definition) is 4. The average molecular weight is 388 g/mol. The predicted octanol–water partition coefficient (Wildman–Crippen LogP) is 3.65. The molecule has 146 valence electrons. The van der Waals surface area contributed by atoms with Crippen LogP contribution in [0.15, 0.2) is 84.9 Å². The Morgan fingerprint density at radius 1 is 0.862 bits per heavy atom. The quantitative estimate of drug-likeness (QED) is 0.605. The summed E-state index contributed by atoms with van der Waals surface area (Å²) in [5.74, 6) is -0.263. The van der Waals surface area contributed by atoms with E-state index in [0.717, 1.165) is 5.56 Å². The lowest BCUT2D eigenvalue weighted by Gasteiger charge is -2.14. The zero-order chi connectivity index (χ0) is 20.5. The molecule has 0 aromatic heterocycles. The molecule has 0 fully saturated rings. The number of para-hydroxylation sites is 1. The Balaban J connectivity index is 1.64. The third-order valence-corrected chi connectivity index (χ3v) is 4.18. The maximum Gasteiger partial charge on any atom is 0.322 e. The SMILES string of the molecule is O=CC(NC(=O)NC(=O)c1ccccc1OCc1ccccc1)c1ccccc1. The number of nitrogens with one attached hydrogen (secondary N) is 2. The lowest BCUT2D eigenvalue weighted by molar-refractivity contribution is -0.109. The lowest BCUT2D eigenvalue weighted by Crippen LogP contribution is -2.41. The molecule has 6 heteroatoms. The van der Waals surface area contributed by atoms with E-state index in [2.05, 4.69) is 10.6 Å². The summed E-state index contributed by atoms with van der Waals surface area (Å²) < 4.78 is 5.75. The van der Waals surface area contributed by atoms with Crippen LogP contribution in [0.3, 0.4) is 0 Å². The molecule has 0 saturated heterocycles. The number of hydrogen-bond donors (Lipinski definition) is 2. The van der Waals surface area contributed by atoms with Crippen molar-refractivity contribution in [3.8, 4) is 5.75 Å². The topological polar surface area (TPSA) is 84.5 Å². The minimum Gasteiger partial charge on any atom is -0.488 e. The van der Waals surface area contributed by atoms with Crippen LogP contribution in [-0.4, -0.2) is 18.2 Å². The van der Waals surface area contributed by atoms with Gasteiger partial charge < -0.3 is 14.8 Å². The van der Waals surface area contributed by atoms with Gasteiger partial charge >= 0.3 is 6.03 Å². The summed E-state index contributed by atoms with van der Waals surface area (Å²) in [6, 6.07) is 23.3. The molecule has 3 aromatic carbocycles.